The number of nitrogens with one attached hydrogen (secondary N) is 3. The van der Waals surface area contributed by atoms with Gasteiger partial charge < -0.3 is 20.5 Å². The van der Waals surface area contributed by atoms with E-state index in [2.05, 4.69) is 96.3 Å². The lowest BCUT2D eigenvalue weighted by Gasteiger charge is -2.12. The van der Waals surface area contributed by atoms with Gasteiger partial charge in [-0.15, -0.1) is 0 Å². The van der Waals surface area contributed by atoms with Gasteiger partial charge in [-0.05, 0) is 50.2 Å². The monoisotopic (exact) mass is 377 g/mol. The minimum Gasteiger partial charge on any atom is -0.361 e. The summed E-state index contributed by atoms with van der Waals surface area (Å²) in [4.78, 5) is 10.2. The van der Waals surface area contributed by atoms with Gasteiger partial charge in [-0.2, -0.15) is 0 Å². The zero-order valence-electron chi connectivity index (χ0n) is 17.1. The molecule has 0 bridgehead atoms. The first-order chi connectivity index (χ1) is 13.7. The Kier molecular flexibility index (Phi) is 7.09. The van der Waals surface area contributed by atoms with Crippen LogP contribution in [0.25, 0.3) is 10.9 Å². The number of rotatable bonds is 8. The Hall–Kier alpha value is -2.79. The first-order valence-electron chi connectivity index (χ1n) is 9.95. The quantitative estimate of drug-likeness (QED) is 0.416. The van der Waals surface area contributed by atoms with Crippen molar-refractivity contribution in [3.8, 4) is 0 Å². The molecule has 3 N–H and O–H groups in total. The maximum absolute atomic E-state index is 4.73. The lowest BCUT2D eigenvalue weighted by Crippen LogP contribution is -2.38. The Morgan fingerprint density at radius 2 is 1.75 bits per heavy atom. The smallest absolute Gasteiger partial charge is 0.191 e. The summed E-state index contributed by atoms with van der Waals surface area (Å²) in [6.07, 6.45) is 3.05. The van der Waals surface area contributed by atoms with Crippen LogP contribution in [0, 0.1) is 0 Å². The van der Waals surface area contributed by atoms with Gasteiger partial charge in [-0.1, -0.05) is 42.5 Å². The van der Waals surface area contributed by atoms with Crippen molar-refractivity contribution in [3.05, 3.63) is 71.4 Å². The average molecular weight is 378 g/mol. The van der Waals surface area contributed by atoms with Gasteiger partial charge in [0.05, 0.1) is 6.54 Å². The number of hydrogen-bond donors (Lipinski definition) is 3. The van der Waals surface area contributed by atoms with E-state index in [4.69, 9.17) is 4.99 Å². The lowest BCUT2D eigenvalue weighted by molar-refractivity contribution is 0.402. The highest BCUT2D eigenvalue weighted by Gasteiger charge is 2.04. The van der Waals surface area contributed by atoms with Gasteiger partial charge in [0.25, 0.3) is 0 Å². The van der Waals surface area contributed by atoms with Crippen LogP contribution >= 0.6 is 0 Å². The van der Waals surface area contributed by atoms with Crippen LogP contribution in [-0.4, -0.2) is 43.0 Å². The van der Waals surface area contributed by atoms with Crippen LogP contribution in [0.1, 0.15) is 23.6 Å². The number of guanidine groups is 1. The summed E-state index contributed by atoms with van der Waals surface area (Å²) in [6.45, 7) is 5.41. The molecule has 0 atom stereocenters. The van der Waals surface area contributed by atoms with E-state index >= 15 is 0 Å². The molecule has 0 unspecified atom stereocenters. The highest BCUT2D eigenvalue weighted by molar-refractivity contribution is 5.83. The van der Waals surface area contributed by atoms with E-state index in [-0.39, 0.29) is 0 Å². The number of fused-ring (bicyclic) bond motifs is 1. The highest BCUT2D eigenvalue weighted by Crippen LogP contribution is 2.17. The van der Waals surface area contributed by atoms with Crippen LogP contribution in [0.4, 0.5) is 0 Å². The molecular weight excluding hydrogens is 346 g/mol. The summed E-state index contributed by atoms with van der Waals surface area (Å²) in [7, 11) is 4.17. The molecular formula is C23H31N5. The van der Waals surface area contributed by atoms with Crippen LogP contribution in [0.5, 0.6) is 0 Å². The van der Waals surface area contributed by atoms with Crippen molar-refractivity contribution in [2.24, 2.45) is 4.99 Å². The molecule has 0 spiro atoms. The Balaban J connectivity index is 1.55. The topological polar surface area (TPSA) is 55.5 Å². The Morgan fingerprint density at radius 1 is 1.00 bits per heavy atom. The Bertz CT molecular complexity index is 893. The summed E-state index contributed by atoms with van der Waals surface area (Å²) in [5, 5.41) is 8.08. The molecule has 3 aromatic rings. The number of benzene rings is 2. The van der Waals surface area contributed by atoms with Gasteiger partial charge in [0.1, 0.15) is 0 Å². The normalized spacial score (nSPS) is 11.9. The number of para-hydroxylation sites is 1. The van der Waals surface area contributed by atoms with E-state index < -0.39 is 0 Å². The van der Waals surface area contributed by atoms with Gasteiger partial charge in [0.2, 0.25) is 0 Å². The standard InChI is InChI=1S/C23H31N5/c1-4-24-23(27-15-18-9-11-19(12-10-18)17-28(2)3)25-14-13-20-16-26-22-8-6-5-7-21(20)22/h5-12,16,26H,4,13-15,17H2,1-3H3,(H2,24,25,27). The summed E-state index contributed by atoms with van der Waals surface area (Å²) in [6, 6.07) is 17.1. The Morgan fingerprint density at radius 3 is 2.50 bits per heavy atom. The molecule has 5 nitrogen and oxygen atoms in total. The zero-order valence-corrected chi connectivity index (χ0v) is 17.1. The molecule has 0 saturated heterocycles. The van der Waals surface area contributed by atoms with E-state index in [1.807, 2.05) is 0 Å². The van der Waals surface area contributed by atoms with Crippen LogP contribution in [0.15, 0.2) is 59.7 Å². The average Bonchev–Trinajstić information content (AvgIpc) is 3.10. The fourth-order valence-corrected chi connectivity index (χ4v) is 3.28. The maximum atomic E-state index is 4.73. The van der Waals surface area contributed by atoms with E-state index in [1.54, 1.807) is 0 Å². The molecule has 0 aliphatic carbocycles. The Labute approximate surface area is 167 Å². The SMILES string of the molecule is CCNC(=NCc1ccc(CN(C)C)cc1)NCCc1c[nH]c2ccccc12. The third kappa shape index (κ3) is 5.60. The summed E-state index contributed by atoms with van der Waals surface area (Å²) in [5.41, 5.74) is 5.06. The molecule has 1 heterocycles. The first-order valence-corrected chi connectivity index (χ1v) is 9.95. The van der Waals surface area contributed by atoms with Crippen LogP contribution < -0.4 is 10.6 Å². The molecule has 0 amide bonds. The molecule has 0 saturated carbocycles. The molecule has 28 heavy (non-hydrogen) atoms. The largest absolute Gasteiger partial charge is 0.361 e. The zero-order chi connectivity index (χ0) is 19.8. The van der Waals surface area contributed by atoms with Crippen LogP contribution in [0.3, 0.4) is 0 Å². The first kappa shape index (κ1) is 20.0. The van der Waals surface area contributed by atoms with E-state index in [0.29, 0.717) is 6.54 Å². The van der Waals surface area contributed by atoms with Crippen molar-refractivity contribution in [1.29, 1.82) is 0 Å². The van der Waals surface area contributed by atoms with Crippen molar-refractivity contribution < 1.29 is 0 Å². The van der Waals surface area contributed by atoms with Gasteiger partial charge in [-0.25, -0.2) is 4.99 Å². The minimum absolute atomic E-state index is 0.671. The minimum atomic E-state index is 0.671. The third-order valence-corrected chi connectivity index (χ3v) is 4.65. The molecule has 5 heteroatoms. The molecule has 148 valence electrons. The summed E-state index contributed by atoms with van der Waals surface area (Å²) in [5.74, 6) is 0.861. The molecule has 0 aliphatic rings. The fraction of sp³-hybridized carbons (Fsp3) is 0.348. The number of aromatic amines is 1. The number of H-pyrrole nitrogens is 1. The van der Waals surface area contributed by atoms with E-state index in [9.17, 15) is 0 Å². The predicted molar refractivity (Wildman–Crippen MR) is 119 cm³/mol. The van der Waals surface area contributed by atoms with Crippen molar-refractivity contribution in [2.45, 2.75) is 26.4 Å². The van der Waals surface area contributed by atoms with E-state index in [0.717, 1.165) is 32.0 Å². The van der Waals surface area contributed by atoms with Gasteiger partial charge in [0, 0.05) is 36.7 Å². The predicted octanol–water partition coefficient (Wildman–Crippen LogP) is 3.53. The second-order valence-corrected chi connectivity index (χ2v) is 7.29. The van der Waals surface area contributed by atoms with Crippen LogP contribution in [0.2, 0.25) is 0 Å². The van der Waals surface area contributed by atoms with Crippen molar-refractivity contribution in [3.63, 3.8) is 0 Å². The van der Waals surface area contributed by atoms with Crippen molar-refractivity contribution in [2.75, 3.05) is 27.2 Å². The van der Waals surface area contributed by atoms with Crippen molar-refractivity contribution >= 4 is 16.9 Å². The number of hydrogen-bond acceptors (Lipinski definition) is 2. The second-order valence-electron chi connectivity index (χ2n) is 7.29. The fourth-order valence-electron chi connectivity index (χ4n) is 3.28. The third-order valence-electron chi connectivity index (χ3n) is 4.65. The molecule has 0 fully saturated rings. The highest BCUT2D eigenvalue weighted by atomic mass is 15.2. The molecule has 3 rings (SSSR count). The lowest BCUT2D eigenvalue weighted by atomic mass is 10.1. The summed E-state index contributed by atoms with van der Waals surface area (Å²) < 4.78 is 0. The maximum Gasteiger partial charge on any atom is 0.191 e. The molecule has 0 radical (unpaired) electrons. The number of aliphatic imine (C=N–C) groups is 1. The molecule has 0 aliphatic heterocycles. The van der Waals surface area contributed by atoms with Gasteiger partial charge >= 0.3 is 0 Å². The molecule has 2 aromatic carbocycles. The van der Waals surface area contributed by atoms with Crippen molar-refractivity contribution in [1.82, 2.24) is 20.5 Å². The van der Waals surface area contributed by atoms with Gasteiger partial charge in [-0.3, -0.25) is 0 Å². The number of nitrogens with zero attached hydrogens (tertiary/aromatic N) is 2. The van der Waals surface area contributed by atoms with E-state index in [1.165, 1.54) is 27.6 Å². The number of aromatic nitrogens is 1. The summed E-state index contributed by atoms with van der Waals surface area (Å²) >= 11 is 0. The van der Waals surface area contributed by atoms with Gasteiger partial charge in [0.15, 0.2) is 5.96 Å². The van der Waals surface area contributed by atoms with Crippen LogP contribution in [-0.2, 0) is 19.5 Å². The second kappa shape index (κ2) is 9.95. The molecule has 1 aromatic heterocycles.